The largest absolute Gasteiger partial charge is 0.368 e. The van der Waals surface area contributed by atoms with Gasteiger partial charge >= 0.3 is 0 Å². The van der Waals surface area contributed by atoms with E-state index >= 15 is 0 Å². The highest BCUT2D eigenvalue weighted by molar-refractivity contribution is 5.86. The van der Waals surface area contributed by atoms with Crippen molar-refractivity contribution in [3.63, 3.8) is 0 Å². The third kappa shape index (κ3) is 3.23. The lowest BCUT2D eigenvalue weighted by Gasteiger charge is -2.36. The molecular weight excluding hydrogens is 226 g/mol. The summed E-state index contributed by atoms with van der Waals surface area (Å²) in [6.45, 7) is 4.01. The van der Waals surface area contributed by atoms with Gasteiger partial charge in [-0.15, -0.1) is 0 Å². The molecule has 0 heterocycles. The highest BCUT2D eigenvalue weighted by atomic mass is 16.1. The zero-order chi connectivity index (χ0) is 13.2. The van der Waals surface area contributed by atoms with Crippen LogP contribution < -0.4 is 11.1 Å². The molecule has 3 N–H and O–H groups in total. The van der Waals surface area contributed by atoms with Crippen LogP contribution in [0, 0.1) is 5.92 Å². The van der Waals surface area contributed by atoms with E-state index in [0.717, 1.165) is 25.9 Å². The van der Waals surface area contributed by atoms with E-state index in [0.29, 0.717) is 12.0 Å². The molecule has 18 heavy (non-hydrogen) atoms. The molecule has 2 aliphatic carbocycles. The summed E-state index contributed by atoms with van der Waals surface area (Å²) in [7, 11) is 2.10. The molecule has 0 aromatic rings. The third-order valence-electron chi connectivity index (χ3n) is 4.17. The monoisotopic (exact) mass is 253 g/mol. The lowest BCUT2D eigenvalue weighted by atomic mass is 9.91. The van der Waals surface area contributed by atoms with Gasteiger partial charge in [0, 0.05) is 12.6 Å². The summed E-state index contributed by atoms with van der Waals surface area (Å²) < 4.78 is 0. The van der Waals surface area contributed by atoms with E-state index in [1.165, 1.54) is 25.7 Å². The minimum Gasteiger partial charge on any atom is -0.368 e. The van der Waals surface area contributed by atoms with Crippen molar-refractivity contribution in [3.05, 3.63) is 0 Å². The number of nitrogens with two attached hydrogens (primary N) is 1. The first-order valence-electron chi connectivity index (χ1n) is 7.34. The maximum atomic E-state index is 12.0. The summed E-state index contributed by atoms with van der Waals surface area (Å²) in [4.78, 5) is 14.3. The van der Waals surface area contributed by atoms with Gasteiger partial charge in [-0.05, 0) is 51.6 Å². The molecule has 0 aromatic heterocycles. The number of unbranched alkanes of at least 4 members (excludes halogenated alkanes) is 1. The number of primary amides is 1. The molecule has 2 fully saturated rings. The van der Waals surface area contributed by atoms with E-state index in [2.05, 4.69) is 24.2 Å². The van der Waals surface area contributed by atoms with Crippen LogP contribution in [-0.4, -0.2) is 42.5 Å². The van der Waals surface area contributed by atoms with E-state index in [4.69, 9.17) is 5.73 Å². The second kappa shape index (κ2) is 5.57. The standard InChI is InChI=1S/C14H27N3O/c1-3-4-9-17(2)10-14(13(15)18,11-5-6-11)16-12-7-8-12/h11-12,16H,3-10H2,1-2H3,(H2,15,18). The first-order valence-corrected chi connectivity index (χ1v) is 7.34. The van der Waals surface area contributed by atoms with E-state index in [1.54, 1.807) is 0 Å². The highest BCUT2D eigenvalue weighted by Crippen LogP contribution is 2.42. The minimum atomic E-state index is -0.469. The summed E-state index contributed by atoms with van der Waals surface area (Å²) in [5.41, 5.74) is 5.27. The Morgan fingerprint density at radius 3 is 2.50 bits per heavy atom. The molecule has 0 spiro atoms. The molecule has 2 rings (SSSR count). The molecular formula is C14H27N3O. The molecule has 1 atom stereocenters. The predicted octanol–water partition coefficient (Wildman–Crippen LogP) is 1.10. The van der Waals surface area contributed by atoms with Gasteiger partial charge in [-0.2, -0.15) is 0 Å². The van der Waals surface area contributed by atoms with Gasteiger partial charge in [-0.1, -0.05) is 13.3 Å². The Kier molecular flexibility index (Phi) is 4.28. The minimum absolute atomic E-state index is 0.153. The Labute approximate surface area is 110 Å². The zero-order valence-electron chi connectivity index (χ0n) is 11.7. The first kappa shape index (κ1) is 13.8. The Morgan fingerprint density at radius 2 is 2.06 bits per heavy atom. The Bertz CT molecular complexity index is 299. The van der Waals surface area contributed by atoms with Crippen molar-refractivity contribution >= 4 is 5.91 Å². The quantitative estimate of drug-likeness (QED) is 0.647. The number of hydrogen-bond acceptors (Lipinski definition) is 3. The van der Waals surface area contributed by atoms with E-state index in [9.17, 15) is 4.79 Å². The van der Waals surface area contributed by atoms with Gasteiger partial charge in [-0.25, -0.2) is 0 Å². The van der Waals surface area contributed by atoms with Crippen LogP contribution in [0.5, 0.6) is 0 Å². The van der Waals surface area contributed by atoms with Crippen LogP contribution in [-0.2, 0) is 4.79 Å². The number of nitrogens with zero attached hydrogens (tertiary/aromatic N) is 1. The van der Waals surface area contributed by atoms with Crippen molar-refractivity contribution < 1.29 is 4.79 Å². The smallest absolute Gasteiger partial charge is 0.239 e. The lowest BCUT2D eigenvalue weighted by molar-refractivity contribution is -0.126. The van der Waals surface area contributed by atoms with E-state index in [-0.39, 0.29) is 5.91 Å². The SMILES string of the molecule is CCCCN(C)CC(NC1CC1)(C(N)=O)C1CC1. The van der Waals surface area contributed by atoms with Crippen molar-refractivity contribution in [3.8, 4) is 0 Å². The van der Waals surface area contributed by atoms with Crippen LogP contribution in [0.2, 0.25) is 0 Å². The van der Waals surface area contributed by atoms with Gasteiger partial charge in [0.1, 0.15) is 5.54 Å². The second-order valence-electron chi connectivity index (χ2n) is 6.12. The molecule has 2 saturated carbocycles. The fraction of sp³-hybridized carbons (Fsp3) is 0.929. The van der Waals surface area contributed by atoms with Gasteiger partial charge < -0.3 is 10.6 Å². The van der Waals surface area contributed by atoms with Crippen molar-refractivity contribution in [2.75, 3.05) is 20.1 Å². The molecule has 0 aliphatic heterocycles. The number of likely N-dealkylation sites (N-methyl/N-ethyl adjacent to an activating group) is 1. The number of rotatable bonds is 9. The lowest BCUT2D eigenvalue weighted by Crippen LogP contribution is -2.63. The van der Waals surface area contributed by atoms with E-state index in [1.807, 2.05) is 0 Å². The molecule has 0 saturated heterocycles. The summed E-state index contributed by atoms with van der Waals surface area (Å²) in [5.74, 6) is 0.305. The van der Waals surface area contributed by atoms with Crippen LogP contribution in [0.3, 0.4) is 0 Å². The normalized spacial score (nSPS) is 23.1. The average molecular weight is 253 g/mol. The van der Waals surface area contributed by atoms with Crippen molar-refractivity contribution in [1.82, 2.24) is 10.2 Å². The van der Waals surface area contributed by atoms with Gasteiger partial charge in [0.05, 0.1) is 0 Å². The average Bonchev–Trinajstić information content (AvgIpc) is 3.14. The third-order valence-corrected chi connectivity index (χ3v) is 4.17. The molecule has 0 aromatic carbocycles. The Morgan fingerprint density at radius 1 is 1.39 bits per heavy atom. The number of hydrogen-bond donors (Lipinski definition) is 2. The summed E-state index contributed by atoms with van der Waals surface area (Å²) in [6, 6.07) is 0.526. The number of nitrogens with one attached hydrogen (secondary N) is 1. The van der Waals surface area contributed by atoms with Crippen LogP contribution in [0.1, 0.15) is 45.4 Å². The maximum Gasteiger partial charge on any atom is 0.239 e. The topological polar surface area (TPSA) is 58.4 Å². The highest BCUT2D eigenvalue weighted by Gasteiger charge is 2.52. The molecule has 0 bridgehead atoms. The van der Waals surface area contributed by atoms with Crippen LogP contribution in [0.4, 0.5) is 0 Å². The van der Waals surface area contributed by atoms with Crippen LogP contribution in [0.15, 0.2) is 0 Å². The van der Waals surface area contributed by atoms with E-state index < -0.39 is 5.54 Å². The molecule has 1 unspecified atom stereocenters. The maximum absolute atomic E-state index is 12.0. The van der Waals surface area contributed by atoms with Crippen molar-refractivity contribution in [2.45, 2.75) is 57.0 Å². The fourth-order valence-electron chi connectivity index (χ4n) is 2.74. The predicted molar refractivity (Wildman–Crippen MR) is 73.2 cm³/mol. The van der Waals surface area contributed by atoms with Gasteiger partial charge in [0.15, 0.2) is 0 Å². The summed E-state index contributed by atoms with van der Waals surface area (Å²) in [6.07, 6.45) is 7.04. The molecule has 104 valence electrons. The Balaban J connectivity index is 1.99. The molecule has 2 aliphatic rings. The fourth-order valence-corrected chi connectivity index (χ4v) is 2.74. The Hall–Kier alpha value is -0.610. The van der Waals surface area contributed by atoms with Gasteiger partial charge in [-0.3, -0.25) is 10.1 Å². The number of amides is 1. The van der Waals surface area contributed by atoms with Crippen LogP contribution in [0.25, 0.3) is 0 Å². The molecule has 1 amide bonds. The second-order valence-corrected chi connectivity index (χ2v) is 6.12. The van der Waals surface area contributed by atoms with Gasteiger partial charge in [0.25, 0.3) is 0 Å². The first-order chi connectivity index (χ1) is 8.58. The van der Waals surface area contributed by atoms with Crippen LogP contribution >= 0.6 is 0 Å². The van der Waals surface area contributed by atoms with Crippen molar-refractivity contribution in [2.24, 2.45) is 11.7 Å². The number of carbonyl (C=O) groups is 1. The van der Waals surface area contributed by atoms with Gasteiger partial charge in [0.2, 0.25) is 5.91 Å². The van der Waals surface area contributed by atoms with Crippen molar-refractivity contribution in [1.29, 1.82) is 0 Å². The zero-order valence-corrected chi connectivity index (χ0v) is 11.7. The summed E-state index contributed by atoms with van der Waals surface area (Å²) in [5, 5.41) is 3.56. The number of carbonyl (C=O) groups excluding carboxylic acids is 1. The molecule has 4 heteroatoms. The molecule has 4 nitrogen and oxygen atoms in total. The molecule has 0 radical (unpaired) electrons. The summed E-state index contributed by atoms with van der Waals surface area (Å²) >= 11 is 0.